The van der Waals surface area contributed by atoms with Gasteiger partial charge in [0, 0.05) is 12.2 Å². The molecule has 1 aromatic heterocycles. The molecule has 0 amide bonds. The molecular formula is C14H14F2N2O. The van der Waals surface area contributed by atoms with E-state index in [0.717, 1.165) is 6.07 Å². The van der Waals surface area contributed by atoms with Gasteiger partial charge < -0.3 is 0 Å². The van der Waals surface area contributed by atoms with Crippen molar-refractivity contribution in [3.63, 3.8) is 0 Å². The second kappa shape index (κ2) is 5.30. The summed E-state index contributed by atoms with van der Waals surface area (Å²) in [5.74, 6) is -2.60. The molecule has 3 nitrogen and oxygen atoms in total. The van der Waals surface area contributed by atoms with Crippen molar-refractivity contribution >= 4 is 5.78 Å². The van der Waals surface area contributed by atoms with Crippen LogP contribution in [0, 0.1) is 11.6 Å². The quantitative estimate of drug-likeness (QED) is 0.795. The SMILES string of the molecule is CC(C)n1ccc(CC(=O)c2cccc(F)c2F)n1. The summed E-state index contributed by atoms with van der Waals surface area (Å²) in [6.07, 6.45) is 1.72. The molecule has 1 aromatic carbocycles. The van der Waals surface area contributed by atoms with Crippen molar-refractivity contribution in [1.29, 1.82) is 0 Å². The fourth-order valence-electron chi connectivity index (χ4n) is 1.74. The molecule has 0 aliphatic rings. The second-order valence-corrected chi connectivity index (χ2v) is 4.58. The Labute approximate surface area is 109 Å². The molecule has 19 heavy (non-hydrogen) atoms. The molecule has 0 spiro atoms. The highest BCUT2D eigenvalue weighted by molar-refractivity contribution is 5.97. The van der Waals surface area contributed by atoms with Crippen LogP contribution < -0.4 is 0 Å². The van der Waals surface area contributed by atoms with Crippen LogP contribution in [0.3, 0.4) is 0 Å². The fraction of sp³-hybridized carbons (Fsp3) is 0.286. The van der Waals surface area contributed by atoms with Crippen LogP contribution in [0.15, 0.2) is 30.5 Å². The first kappa shape index (κ1) is 13.4. The molecule has 0 unspecified atom stereocenters. The molecule has 0 N–H and O–H groups in total. The highest BCUT2D eigenvalue weighted by atomic mass is 19.2. The Bertz CT molecular complexity index is 605. The van der Waals surface area contributed by atoms with Crippen LogP contribution in [0.4, 0.5) is 8.78 Å². The van der Waals surface area contributed by atoms with Crippen molar-refractivity contribution in [2.45, 2.75) is 26.3 Å². The first-order valence-electron chi connectivity index (χ1n) is 6.00. The van der Waals surface area contributed by atoms with Crippen molar-refractivity contribution in [2.75, 3.05) is 0 Å². The number of Topliss-reactive ketones (excluding diaryl/α,β-unsaturated/α-hetero) is 1. The highest BCUT2D eigenvalue weighted by Crippen LogP contribution is 2.14. The number of ketones is 1. The molecular weight excluding hydrogens is 250 g/mol. The third-order valence-electron chi connectivity index (χ3n) is 2.79. The number of benzene rings is 1. The smallest absolute Gasteiger partial charge is 0.171 e. The van der Waals surface area contributed by atoms with Crippen molar-refractivity contribution in [1.82, 2.24) is 9.78 Å². The summed E-state index contributed by atoms with van der Waals surface area (Å²) in [6, 6.07) is 5.47. The summed E-state index contributed by atoms with van der Waals surface area (Å²) in [5.41, 5.74) is 0.307. The van der Waals surface area contributed by atoms with Crippen molar-refractivity contribution in [3.05, 3.63) is 53.4 Å². The molecule has 1 heterocycles. The van der Waals surface area contributed by atoms with Crippen molar-refractivity contribution < 1.29 is 13.6 Å². The number of carbonyl (C=O) groups is 1. The summed E-state index contributed by atoms with van der Waals surface area (Å²) in [7, 11) is 0. The Morgan fingerprint density at radius 3 is 2.68 bits per heavy atom. The molecule has 0 bridgehead atoms. The molecule has 0 aliphatic carbocycles. The lowest BCUT2D eigenvalue weighted by Gasteiger charge is -2.04. The molecule has 0 atom stereocenters. The Morgan fingerprint density at radius 2 is 2.05 bits per heavy atom. The topological polar surface area (TPSA) is 34.9 Å². The number of halogens is 2. The van der Waals surface area contributed by atoms with Crippen LogP contribution in [0.5, 0.6) is 0 Å². The van der Waals surface area contributed by atoms with Crippen molar-refractivity contribution in [3.8, 4) is 0 Å². The molecule has 0 fully saturated rings. The number of hydrogen-bond donors (Lipinski definition) is 0. The van der Waals surface area contributed by atoms with E-state index in [1.165, 1.54) is 12.1 Å². The Kier molecular flexibility index (Phi) is 3.74. The van der Waals surface area contributed by atoms with Gasteiger partial charge in [-0.05, 0) is 32.0 Å². The van der Waals surface area contributed by atoms with Gasteiger partial charge in [0.15, 0.2) is 17.4 Å². The fourth-order valence-corrected chi connectivity index (χ4v) is 1.74. The van der Waals surface area contributed by atoms with Gasteiger partial charge in [0.1, 0.15) is 0 Å². The summed E-state index contributed by atoms with van der Waals surface area (Å²) in [4.78, 5) is 11.9. The predicted molar refractivity (Wildman–Crippen MR) is 67.0 cm³/mol. The molecule has 5 heteroatoms. The summed E-state index contributed by atoms with van der Waals surface area (Å²) < 4.78 is 28.2. The lowest BCUT2D eigenvalue weighted by molar-refractivity contribution is 0.0987. The minimum atomic E-state index is -1.10. The Hall–Kier alpha value is -2.04. The van der Waals surface area contributed by atoms with E-state index in [4.69, 9.17) is 0 Å². The molecule has 0 radical (unpaired) electrons. The molecule has 2 aromatic rings. The van der Waals surface area contributed by atoms with E-state index < -0.39 is 17.4 Å². The van der Waals surface area contributed by atoms with Crippen LogP contribution in [0.2, 0.25) is 0 Å². The van der Waals surface area contributed by atoms with E-state index in [1.54, 1.807) is 16.9 Å². The second-order valence-electron chi connectivity index (χ2n) is 4.58. The monoisotopic (exact) mass is 264 g/mol. The first-order chi connectivity index (χ1) is 8.99. The van der Waals surface area contributed by atoms with E-state index >= 15 is 0 Å². The van der Waals surface area contributed by atoms with Crippen LogP contribution in [-0.2, 0) is 6.42 Å². The van der Waals surface area contributed by atoms with Crippen LogP contribution in [0.1, 0.15) is 35.9 Å². The third-order valence-corrected chi connectivity index (χ3v) is 2.79. The van der Waals surface area contributed by atoms with Gasteiger partial charge in [-0.15, -0.1) is 0 Å². The molecule has 0 aliphatic heterocycles. The number of nitrogens with zero attached hydrogens (tertiary/aromatic N) is 2. The normalized spacial score (nSPS) is 11.0. The van der Waals surface area contributed by atoms with E-state index in [1.807, 2.05) is 13.8 Å². The minimum Gasteiger partial charge on any atom is -0.294 e. The third kappa shape index (κ3) is 2.86. The summed E-state index contributed by atoms with van der Waals surface area (Å²) >= 11 is 0. The minimum absolute atomic E-state index is 0.0416. The standard InChI is InChI=1S/C14H14F2N2O/c1-9(2)18-7-6-10(17-18)8-13(19)11-4-3-5-12(15)14(11)16/h3-7,9H,8H2,1-2H3. The van der Waals surface area contributed by atoms with Gasteiger partial charge >= 0.3 is 0 Å². The number of hydrogen-bond acceptors (Lipinski definition) is 2. The lowest BCUT2D eigenvalue weighted by Crippen LogP contribution is -2.09. The number of aromatic nitrogens is 2. The van der Waals surface area contributed by atoms with E-state index in [2.05, 4.69) is 5.10 Å². The van der Waals surface area contributed by atoms with E-state index in [0.29, 0.717) is 5.69 Å². The predicted octanol–water partition coefficient (Wildman–Crippen LogP) is 3.17. The van der Waals surface area contributed by atoms with Crippen LogP contribution in [0.25, 0.3) is 0 Å². The highest BCUT2D eigenvalue weighted by Gasteiger charge is 2.16. The van der Waals surface area contributed by atoms with Gasteiger partial charge in [-0.25, -0.2) is 8.78 Å². The van der Waals surface area contributed by atoms with Gasteiger partial charge in [0.2, 0.25) is 0 Å². The molecule has 0 saturated heterocycles. The maximum absolute atomic E-state index is 13.5. The van der Waals surface area contributed by atoms with E-state index in [9.17, 15) is 13.6 Å². The Morgan fingerprint density at radius 1 is 1.32 bits per heavy atom. The lowest BCUT2D eigenvalue weighted by atomic mass is 10.1. The number of rotatable bonds is 4. The van der Waals surface area contributed by atoms with Gasteiger partial charge in [0.25, 0.3) is 0 Å². The van der Waals surface area contributed by atoms with E-state index in [-0.39, 0.29) is 18.0 Å². The van der Waals surface area contributed by atoms with Crippen molar-refractivity contribution in [2.24, 2.45) is 0 Å². The first-order valence-corrected chi connectivity index (χ1v) is 6.00. The maximum atomic E-state index is 13.5. The van der Waals surface area contributed by atoms with Crippen LogP contribution in [-0.4, -0.2) is 15.6 Å². The zero-order chi connectivity index (χ0) is 14.0. The average molecular weight is 264 g/mol. The van der Waals surface area contributed by atoms with Gasteiger partial charge in [-0.3, -0.25) is 9.48 Å². The molecule has 0 saturated carbocycles. The summed E-state index contributed by atoms with van der Waals surface area (Å²) in [5, 5.41) is 4.21. The summed E-state index contributed by atoms with van der Waals surface area (Å²) in [6.45, 7) is 3.93. The van der Waals surface area contributed by atoms with Gasteiger partial charge in [-0.2, -0.15) is 5.10 Å². The zero-order valence-corrected chi connectivity index (χ0v) is 10.7. The van der Waals surface area contributed by atoms with Gasteiger partial charge in [0.05, 0.1) is 17.7 Å². The molecule has 2 rings (SSSR count). The maximum Gasteiger partial charge on any atom is 0.171 e. The number of carbonyl (C=O) groups excluding carboxylic acids is 1. The zero-order valence-electron chi connectivity index (χ0n) is 10.7. The van der Waals surface area contributed by atoms with Gasteiger partial charge in [-0.1, -0.05) is 6.07 Å². The largest absolute Gasteiger partial charge is 0.294 e. The average Bonchev–Trinajstić information content (AvgIpc) is 2.81. The molecule has 100 valence electrons. The van der Waals surface area contributed by atoms with Crippen LogP contribution >= 0.6 is 0 Å². The Balaban J connectivity index is 2.18.